The predicted molar refractivity (Wildman–Crippen MR) is 85.6 cm³/mol. The molecule has 1 saturated heterocycles. The number of rotatable bonds is 4. The Morgan fingerprint density at radius 1 is 1.20 bits per heavy atom. The van der Waals surface area contributed by atoms with Crippen LogP contribution in [0.15, 0.2) is 28.7 Å². The van der Waals surface area contributed by atoms with Crippen molar-refractivity contribution >= 4 is 21.8 Å². The highest BCUT2D eigenvalue weighted by molar-refractivity contribution is 9.10. The summed E-state index contributed by atoms with van der Waals surface area (Å²) in [7, 11) is 0. The summed E-state index contributed by atoms with van der Waals surface area (Å²) in [5.41, 5.74) is 1.21. The first-order valence-electron chi connectivity index (χ1n) is 7.43. The van der Waals surface area contributed by atoms with Crippen molar-refractivity contribution in [2.45, 2.75) is 38.6 Å². The van der Waals surface area contributed by atoms with Gasteiger partial charge in [0.1, 0.15) is 0 Å². The molecule has 0 aliphatic carbocycles. The minimum Gasteiger partial charge on any atom is -0.342 e. The van der Waals surface area contributed by atoms with Gasteiger partial charge in [0.15, 0.2) is 0 Å². The van der Waals surface area contributed by atoms with E-state index in [0.29, 0.717) is 6.54 Å². The summed E-state index contributed by atoms with van der Waals surface area (Å²) in [4.78, 5) is 14.2. The number of halogens is 1. The van der Waals surface area contributed by atoms with Crippen LogP contribution in [0, 0.1) is 0 Å². The summed E-state index contributed by atoms with van der Waals surface area (Å²) >= 11 is 3.44. The van der Waals surface area contributed by atoms with Crippen LogP contribution in [0.4, 0.5) is 0 Å². The van der Waals surface area contributed by atoms with Crippen LogP contribution in [0.2, 0.25) is 0 Å². The maximum Gasteiger partial charge on any atom is 0.236 e. The van der Waals surface area contributed by atoms with Gasteiger partial charge in [-0.3, -0.25) is 4.79 Å². The summed E-state index contributed by atoms with van der Waals surface area (Å²) in [6.07, 6.45) is 4.81. The van der Waals surface area contributed by atoms with Crippen LogP contribution in [0.25, 0.3) is 0 Å². The highest BCUT2D eigenvalue weighted by atomic mass is 79.9. The van der Waals surface area contributed by atoms with Crippen molar-refractivity contribution in [3.8, 4) is 0 Å². The Labute approximate surface area is 129 Å². The SMILES string of the molecule is C[C@@H](NCC(=O)N1CCCCCC1)c1ccc(Br)cc1. The second kappa shape index (κ2) is 7.79. The summed E-state index contributed by atoms with van der Waals surface area (Å²) < 4.78 is 1.08. The fourth-order valence-corrected chi connectivity index (χ4v) is 2.81. The fourth-order valence-electron chi connectivity index (χ4n) is 2.54. The van der Waals surface area contributed by atoms with Crippen molar-refractivity contribution in [3.05, 3.63) is 34.3 Å². The van der Waals surface area contributed by atoms with E-state index in [-0.39, 0.29) is 11.9 Å². The van der Waals surface area contributed by atoms with E-state index >= 15 is 0 Å². The Bertz CT molecular complexity index is 425. The molecule has 2 rings (SSSR count). The van der Waals surface area contributed by atoms with Crippen molar-refractivity contribution in [3.63, 3.8) is 0 Å². The lowest BCUT2D eigenvalue weighted by Crippen LogP contribution is -2.39. The van der Waals surface area contributed by atoms with E-state index < -0.39 is 0 Å². The molecule has 1 aromatic rings. The van der Waals surface area contributed by atoms with Crippen LogP contribution in [0.1, 0.15) is 44.2 Å². The molecule has 1 fully saturated rings. The van der Waals surface area contributed by atoms with E-state index in [2.05, 4.69) is 40.3 Å². The van der Waals surface area contributed by atoms with Crippen LogP contribution in [-0.4, -0.2) is 30.4 Å². The number of carbonyl (C=O) groups is 1. The standard InChI is InChI=1S/C16H23BrN2O/c1-13(14-6-8-15(17)9-7-14)18-12-16(20)19-10-4-2-3-5-11-19/h6-9,13,18H,2-5,10-12H2,1H3/t13-/m1/s1. The predicted octanol–water partition coefficient (Wildman–Crippen LogP) is 3.50. The normalized spacial score (nSPS) is 17.6. The average Bonchev–Trinajstić information content (AvgIpc) is 2.74. The molecule has 1 amide bonds. The van der Waals surface area contributed by atoms with Crippen LogP contribution in [-0.2, 0) is 4.79 Å². The highest BCUT2D eigenvalue weighted by Crippen LogP contribution is 2.16. The lowest BCUT2D eigenvalue weighted by molar-refractivity contribution is -0.130. The summed E-state index contributed by atoms with van der Waals surface area (Å²) in [5.74, 6) is 0.232. The van der Waals surface area contributed by atoms with Gasteiger partial charge >= 0.3 is 0 Å². The number of carbonyl (C=O) groups excluding carboxylic acids is 1. The van der Waals surface area contributed by atoms with E-state index in [1.165, 1.54) is 18.4 Å². The van der Waals surface area contributed by atoms with Crippen molar-refractivity contribution in [1.82, 2.24) is 10.2 Å². The zero-order valence-corrected chi connectivity index (χ0v) is 13.7. The molecule has 110 valence electrons. The topological polar surface area (TPSA) is 32.3 Å². The molecule has 1 heterocycles. The van der Waals surface area contributed by atoms with Crippen molar-refractivity contribution in [2.75, 3.05) is 19.6 Å². The number of nitrogens with zero attached hydrogens (tertiary/aromatic N) is 1. The third kappa shape index (κ3) is 4.60. The second-order valence-electron chi connectivity index (χ2n) is 5.45. The minimum absolute atomic E-state index is 0.194. The molecule has 0 spiro atoms. The number of hydrogen-bond donors (Lipinski definition) is 1. The van der Waals surface area contributed by atoms with Crippen molar-refractivity contribution in [1.29, 1.82) is 0 Å². The van der Waals surface area contributed by atoms with Gasteiger partial charge < -0.3 is 10.2 Å². The summed E-state index contributed by atoms with van der Waals surface area (Å²) in [5, 5.41) is 3.33. The van der Waals surface area contributed by atoms with E-state index in [9.17, 15) is 4.79 Å². The van der Waals surface area contributed by atoms with Crippen LogP contribution >= 0.6 is 15.9 Å². The first kappa shape index (κ1) is 15.5. The second-order valence-corrected chi connectivity index (χ2v) is 6.36. The molecular weight excluding hydrogens is 316 g/mol. The molecule has 1 N–H and O–H groups in total. The van der Waals surface area contributed by atoms with Crippen molar-refractivity contribution < 1.29 is 4.79 Å². The number of likely N-dealkylation sites (tertiary alicyclic amines) is 1. The third-order valence-corrected chi connectivity index (χ3v) is 4.42. The van der Waals surface area contributed by atoms with Gasteiger partial charge in [0.05, 0.1) is 6.54 Å². The first-order chi connectivity index (χ1) is 9.66. The number of nitrogens with one attached hydrogen (secondary N) is 1. The third-order valence-electron chi connectivity index (χ3n) is 3.89. The van der Waals surface area contributed by atoms with E-state index in [1.807, 2.05) is 17.0 Å². The van der Waals surface area contributed by atoms with Gasteiger partial charge in [-0.05, 0) is 37.5 Å². The highest BCUT2D eigenvalue weighted by Gasteiger charge is 2.16. The molecule has 1 aromatic carbocycles. The van der Waals surface area contributed by atoms with Gasteiger partial charge in [-0.1, -0.05) is 40.9 Å². The number of amides is 1. The average molecular weight is 339 g/mol. The van der Waals surface area contributed by atoms with E-state index in [4.69, 9.17) is 0 Å². The molecule has 1 atom stereocenters. The quantitative estimate of drug-likeness (QED) is 0.911. The maximum atomic E-state index is 12.2. The monoisotopic (exact) mass is 338 g/mol. The molecule has 20 heavy (non-hydrogen) atoms. The molecule has 1 aliphatic heterocycles. The van der Waals surface area contributed by atoms with E-state index in [1.54, 1.807) is 0 Å². The smallest absolute Gasteiger partial charge is 0.236 e. The first-order valence-corrected chi connectivity index (χ1v) is 8.23. The Morgan fingerprint density at radius 3 is 2.40 bits per heavy atom. The van der Waals surface area contributed by atoms with Gasteiger partial charge in [0.2, 0.25) is 5.91 Å². The molecule has 1 aliphatic rings. The van der Waals surface area contributed by atoms with E-state index in [0.717, 1.165) is 30.4 Å². The van der Waals surface area contributed by atoms with Crippen LogP contribution < -0.4 is 5.32 Å². The molecule has 0 saturated carbocycles. The molecule has 0 unspecified atom stereocenters. The maximum absolute atomic E-state index is 12.2. The molecule has 0 bridgehead atoms. The van der Waals surface area contributed by atoms with Gasteiger partial charge in [-0.2, -0.15) is 0 Å². The van der Waals surface area contributed by atoms with Gasteiger partial charge in [0, 0.05) is 23.6 Å². The molecule has 3 nitrogen and oxygen atoms in total. The van der Waals surface area contributed by atoms with Crippen molar-refractivity contribution in [2.24, 2.45) is 0 Å². The van der Waals surface area contributed by atoms with Crippen LogP contribution in [0.5, 0.6) is 0 Å². The lowest BCUT2D eigenvalue weighted by Gasteiger charge is -2.22. The van der Waals surface area contributed by atoms with Gasteiger partial charge in [0.25, 0.3) is 0 Å². The number of hydrogen-bond acceptors (Lipinski definition) is 2. The molecule has 4 heteroatoms. The fraction of sp³-hybridized carbons (Fsp3) is 0.562. The largest absolute Gasteiger partial charge is 0.342 e. The Kier molecular flexibility index (Phi) is 6.05. The van der Waals surface area contributed by atoms with Gasteiger partial charge in [-0.25, -0.2) is 0 Å². The molecule has 0 radical (unpaired) electrons. The zero-order valence-electron chi connectivity index (χ0n) is 12.1. The lowest BCUT2D eigenvalue weighted by atomic mass is 10.1. The summed E-state index contributed by atoms with van der Waals surface area (Å²) in [6, 6.07) is 8.42. The zero-order chi connectivity index (χ0) is 14.4. The Hall–Kier alpha value is -0.870. The van der Waals surface area contributed by atoms with Gasteiger partial charge in [-0.15, -0.1) is 0 Å². The summed E-state index contributed by atoms with van der Waals surface area (Å²) in [6.45, 7) is 4.37. The minimum atomic E-state index is 0.194. The molecule has 0 aromatic heterocycles. The van der Waals surface area contributed by atoms with Crippen LogP contribution in [0.3, 0.4) is 0 Å². The Morgan fingerprint density at radius 2 is 1.80 bits per heavy atom. The number of benzene rings is 1. The Balaban J connectivity index is 1.81. The molecular formula is C16H23BrN2O.